The van der Waals surface area contributed by atoms with E-state index in [0.717, 1.165) is 19.3 Å². The molecule has 0 spiro atoms. The molecular formula is C22H29N3O4. The maximum atomic E-state index is 12.7. The minimum Gasteiger partial charge on any atom is -0.493 e. The first kappa shape index (κ1) is 20.9. The van der Waals surface area contributed by atoms with Crippen LogP contribution in [-0.2, 0) is 11.3 Å². The van der Waals surface area contributed by atoms with Crippen LogP contribution in [0.5, 0.6) is 11.5 Å². The summed E-state index contributed by atoms with van der Waals surface area (Å²) in [6.45, 7) is 1.12. The summed E-state index contributed by atoms with van der Waals surface area (Å²) in [6.07, 6.45) is 10.6. The zero-order valence-corrected chi connectivity index (χ0v) is 17.2. The van der Waals surface area contributed by atoms with E-state index in [1.54, 1.807) is 19.2 Å². The lowest BCUT2D eigenvalue weighted by Crippen LogP contribution is -2.26. The third kappa shape index (κ3) is 5.37. The van der Waals surface area contributed by atoms with Gasteiger partial charge in [-0.05, 0) is 44.6 Å². The van der Waals surface area contributed by atoms with E-state index in [9.17, 15) is 9.59 Å². The molecule has 29 heavy (non-hydrogen) atoms. The van der Waals surface area contributed by atoms with Gasteiger partial charge < -0.3 is 14.8 Å². The molecule has 0 saturated carbocycles. The highest BCUT2D eigenvalue weighted by molar-refractivity contribution is 5.81. The van der Waals surface area contributed by atoms with Crippen molar-refractivity contribution in [1.29, 1.82) is 0 Å². The van der Waals surface area contributed by atoms with Crippen molar-refractivity contribution < 1.29 is 14.3 Å². The summed E-state index contributed by atoms with van der Waals surface area (Å²) in [5.41, 5.74) is 1.86. The molecule has 3 rings (SSSR count). The topological polar surface area (TPSA) is 82.5 Å². The summed E-state index contributed by atoms with van der Waals surface area (Å²) < 4.78 is 12.1. The number of methoxy groups -OCH3 is 2. The van der Waals surface area contributed by atoms with Gasteiger partial charge in [-0.1, -0.05) is 11.6 Å². The van der Waals surface area contributed by atoms with Crippen molar-refractivity contribution in [2.24, 2.45) is 0 Å². The fraction of sp³-hybridized carbons (Fsp3) is 0.500. The van der Waals surface area contributed by atoms with E-state index in [4.69, 9.17) is 9.47 Å². The van der Waals surface area contributed by atoms with Crippen LogP contribution in [0, 0.1) is 0 Å². The summed E-state index contributed by atoms with van der Waals surface area (Å²) in [5.74, 6) is 1.05. The van der Waals surface area contributed by atoms with Gasteiger partial charge in [0.1, 0.15) is 0 Å². The maximum absolute atomic E-state index is 12.7. The number of nitrogens with zero attached hydrogens (tertiary/aromatic N) is 2. The van der Waals surface area contributed by atoms with E-state index in [0.29, 0.717) is 48.3 Å². The number of nitrogens with one attached hydrogen (secondary N) is 1. The average molecular weight is 399 g/mol. The Kier molecular flexibility index (Phi) is 7.27. The van der Waals surface area contributed by atoms with Crippen LogP contribution in [0.3, 0.4) is 0 Å². The van der Waals surface area contributed by atoms with Crippen LogP contribution in [-0.4, -0.2) is 36.2 Å². The molecular weight excluding hydrogens is 370 g/mol. The number of aromatic nitrogens is 2. The third-order valence-electron chi connectivity index (χ3n) is 5.29. The molecule has 1 aromatic heterocycles. The Hall–Kier alpha value is -2.83. The number of aryl methyl sites for hydroxylation is 1. The van der Waals surface area contributed by atoms with E-state index < -0.39 is 0 Å². The molecule has 2 aromatic rings. The number of fused-ring (bicyclic) bond motifs is 1. The standard InChI is InChI=1S/C22H29N3O4/c1-28-19-13-17-18(14-20(19)29-2)24-15-25(22(17)27)12-6-9-21(26)23-11-10-16-7-4-3-5-8-16/h7,13-15H,3-6,8-12H2,1-2H3,(H,23,26). The smallest absolute Gasteiger partial charge is 0.261 e. The molecule has 1 amide bonds. The number of allylic oxidation sites excluding steroid dienone is 1. The minimum atomic E-state index is -0.152. The normalized spacial score (nSPS) is 13.8. The predicted octanol–water partition coefficient (Wildman–Crippen LogP) is 3.20. The number of rotatable bonds is 9. The molecule has 0 saturated heterocycles. The van der Waals surface area contributed by atoms with E-state index in [1.807, 2.05) is 0 Å². The number of carbonyl (C=O) groups is 1. The van der Waals surface area contributed by atoms with Gasteiger partial charge in [0.15, 0.2) is 11.5 Å². The molecule has 1 aliphatic carbocycles. The summed E-state index contributed by atoms with van der Waals surface area (Å²) in [6, 6.07) is 3.34. The van der Waals surface area contributed by atoms with E-state index in [-0.39, 0.29) is 11.5 Å². The molecule has 1 N–H and O–H groups in total. The molecule has 0 atom stereocenters. The molecule has 1 aliphatic rings. The van der Waals surface area contributed by atoms with E-state index in [2.05, 4.69) is 16.4 Å². The molecule has 0 aliphatic heterocycles. The fourth-order valence-electron chi connectivity index (χ4n) is 3.64. The molecule has 1 aromatic carbocycles. The van der Waals surface area contributed by atoms with Crippen LogP contribution in [0.15, 0.2) is 34.9 Å². The van der Waals surface area contributed by atoms with Crippen molar-refractivity contribution in [2.45, 2.75) is 51.5 Å². The van der Waals surface area contributed by atoms with Crippen LogP contribution in [0.25, 0.3) is 10.9 Å². The van der Waals surface area contributed by atoms with Gasteiger partial charge in [0.2, 0.25) is 5.91 Å². The molecule has 0 bridgehead atoms. The molecule has 0 unspecified atom stereocenters. The molecule has 156 valence electrons. The van der Waals surface area contributed by atoms with Crippen molar-refractivity contribution in [1.82, 2.24) is 14.9 Å². The second-order valence-electron chi connectivity index (χ2n) is 7.28. The number of carbonyl (C=O) groups excluding carboxylic acids is 1. The van der Waals surface area contributed by atoms with E-state index >= 15 is 0 Å². The minimum absolute atomic E-state index is 0.0228. The molecule has 0 radical (unpaired) electrons. The molecule has 1 heterocycles. The Labute approximate surface area is 170 Å². The van der Waals surface area contributed by atoms with Gasteiger partial charge in [0.25, 0.3) is 5.56 Å². The SMILES string of the molecule is COc1cc2ncn(CCCC(=O)NCCC3=CCCCC3)c(=O)c2cc1OC. The zero-order valence-electron chi connectivity index (χ0n) is 17.2. The van der Waals surface area contributed by atoms with Crippen molar-refractivity contribution in [3.63, 3.8) is 0 Å². The Morgan fingerprint density at radius 1 is 1.21 bits per heavy atom. The monoisotopic (exact) mass is 399 g/mol. The number of hydrogen-bond acceptors (Lipinski definition) is 5. The highest BCUT2D eigenvalue weighted by Crippen LogP contribution is 2.29. The summed E-state index contributed by atoms with van der Waals surface area (Å²) in [7, 11) is 3.07. The van der Waals surface area contributed by atoms with Crippen LogP contribution >= 0.6 is 0 Å². The first-order valence-electron chi connectivity index (χ1n) is 10.2. The Balaban J connectivity index is 1.53. The van der Waals surface area contributed by atoms with Gasteiger partial charge in [-0.15, -0.1) is 0 Å². The van der Waals surface area contributed by atoms with Gasteiger partial charge in [-0.25, -0.2) is 4.98 Å². The lowest BCUT2D eigenvalue weighted by Gasteiger charge is -2.13. The summed E-state index contributed by atoms with van der Waals surface area (Å²) in [4.78, 5) is 29.1. The number of amides is 1. The lowest BCUT2D eigenvalue weighted by atomic mass is 9.97. The van der Waals surface area contributed by atoms with Crippen molar-refractivity contribution in [3.8, 4) is 11.5 Å². The molecule has 0 fully saturated rings. The highest BCUT2D eigenvalue weighted by Gasteiger charge is 2.11. The summed E-state index contributed by atoms with van der Waals surface area (Å²) >= 11 is 0. The van der Waals surface area contributed by atoms with Crippen LogP contribution in [0.2, 0.25) is 0 Å². The number of ether oxygens (including phenoxy) is 2. The highest BCUT2D eigenvalue weighted by atomic mass is 16.5. The fourth-order valence-corrected chi connectivity index (χ4v) is 3.64. The molecule has 7 nitrogen and oxygen atoms in total. The first-order chi connectivity index (χ1) is 14.1. The van der Waals surface area contributed by atoms with Gasteiger partial charge in [-0.3, -0.25) is 14.2 Å². The Morgan fingerprint density at radius 3 is 2.72 bits per heavy atom. The van der Waals surface area contributed by atoms with Crippen molar-refractivity contribution in [3.05, 3.63) is 40.5 Å². The third-order valence-corrected chi connectivity index (χ3v) is 5.29. The Bertz CT molecular complexity index is 949. The first-order valence-corrected chi connectivity index (χ1v) is 10.2. The van der Waals surface area contributed by atoms with Crippen molar-refractivity contribution in [2.75, 3.05) is 20.8 Å². The lowest BCUT2D eigenvalue weighted by molar-refractivity contribution is -0.121. The van der Waals surface area contributed by atoms with Gasteiger partial charge in [-0.2, -0.15) is 0 Å². The van der Waals surface area contributed by atoms with Gasteiger partial charge >= 0.3 is 0 Å². The van der Waals surface area contributed by atoms with Crippen LogP contribution < -0.4 is 20.3 Å². The van der Waals surface area contributed by atoms with Gasteiger partial charge in [0, 0.05) is 25.6 Å². The summed E-state index contributed by atoms with van der Waals surface area (Å²) in [5, 5.41) is 3.44. The van der Waals surface area contributed by atoms with Gasteiger partial charge in [0.05, 0.1) is 31.4 Å². The van der Waals surface area contributed by atoms with E-state index in [1.165, 1.54) is 36.4 Å². The van der Waals surface area contributed by atoms with Crippen molar-refractivity contribution >= 4 is 16.8 Å². The molecule has 7 heteroatoms. The average Bonchev–Trinajstić information content (AvgIpc) is 2.75. The van der Waals surface area contributed by atoms with Crippen LogP contribution in [0.1, 0.15) is 44.9 Å². The largest absolute Gasteiger partial charge is 0.493 e. The number of hydrogen-bond donors (Lipinski definition) is 1. The predicted molar refractivity (Wildman–Crippen MR) is 113 cm³/mol. The van der Waals surface area contributed by atoms with Crippen LogP contribution in [0.4, 0.5) is 0 Å². The zero-order chi connectivity index (χ0) is 20.6. The second kappa shape index (κ2) is 10.1. The second-order valence-corrected chi connectivity index (χ2v) is 7.28. The Morgan fingerprint density at radius 2 is 2.00 bits per heavy atom. The maximum Gasteiger partial charge on any atom is 0.261 e. The quantitative estimate of drug-likeness (QED) is 0.655. The number of benzene rings is 1.